The molecule has 0 saturated carbocycles. The molecule has 158 valence electrons. The molecule has 4 N–H and O–H groups in total. The van der Waals surface area contributed by atoms with Crippen LogP contribution in [-0.2, 0) is 0 Å². The Hall–Kier alpha value is -4.86. The summed E-state index contributed by atoms with van der Waals surface area (Å²) in [6.45, 7) is 0. The first-order valence-corrected chi connectivity index (χ1v) is 9.42. The summed E-state index contributed by atoms with van der Waals surface area (Å²) < 4.78 is 0. The molecule has 0 aliphatic rings. The van der Waals surface area contributed by atoms with Crippen molar-refractivity contribution in [2.45, 2.75) is 0 Å². The molecule has 0 amide bonds. The van der Waals surface area contributed by atoms with Crippen molar-refractivity contribution in [2.24, 2.45) is 0 Å². The van der Waals surface area contributed by atoms with Crippen LogP contribution in [0, 0.1) is 20.2 Å². The summed E-state index contributed by atoms with van der Waals surface area (Å²) in [6.07, 6.45) is 0. The van der Waals surface area contributed by atoms with E-state index in [4.69, 9.17) is 0 Å². The second-order valence-electron chi connectivity index (χ2n) is 7.25. The highest BCUT2D eigenvalue weighted by atomic mass is 16.6. The molecule has 3 aromatic carbocycles. The lowest BCUT2D eigenvalue weighted by atomic mass is 10.0. The van der Waals surface area contributed by atoms with E-state index in [1.54, 1.807) is 24.3 Å². The molecule has 0 unspecified atom stereocenters. The van der Waals surface area contributed by atoms with E-state index in [9.17, 15) is 30.4 Å². The number of H-pyrrole nitrogens is 2. The number of nitrogens with zero attached hydrogens (tertiary/aromatic N) is 2. The maximum atomic E-state index is 11.0. The maximum absolute atomic E-state index is 11.0. The van der Waals surface area contributed by atoms with E-state index < -0.39 is 9.85 Å². The van der Waals surface area contributed by atoms with Gasteiger partial charge in [-0.25, -0.2) is 0 Å². The van der Waals surface area contributed by atoms with Gasteiger partial charge in [-0.15, -0.1) is 0 Å². The number of non-ortho nitro benzene ring substituents is 2. The molecule has 10 heteroatoms. The van der Waals surface area contributed by atoms with Gasteiger partial charge in [0, 0.05) is 46.2 Å². The molecule has 10 nitrogen and oxygen atoms in total. The Morgan fingerprint density at radius 3 is 1.50 bits per heavy atom. The molecule has 5 rings (SSSR count). The lowest BCUT2D eigenvalue weighted by Gasteiger charge is -2.04. The Kier molecular flexibility index (Phi) is 4.09. The van der Waals surface area contributed by atoms with E-state index in [2.05, 4.69) is 9.97 Å². The molecule has 0 bridgehead atoms. The Labute approximate surface area is 178 Å². The first-order valence-electron chi connectivity index (χ1n) is 9.42. The van der Waals surface area contributed by atoms with Crippen molar-refractivity contribution in [1.82, 2.24) is 9.97 Å². The summed E-state index contributed by atoms with van der Waals surface area (Å²) in [5.74, 6) is -0.105. The number of fused-ring (bicyclic) bond motifs is 2. The predicted octanol–water partition coefficient (Wildman–Crippen LogP) is 5.21. The predicted molar refractivity (Wildman–Crippen MR) is 118 cm³/mol. The number of rotatable bonds is 4. The molecule has 2 aromatic heterocycles. The molecule has 2 heterocycles. The van der Waals surface area contributed by atoms with Gasteiger partial charge in [-0.05, 0) is 18.2 Å². The normalized spacial score (nSPS) is 11.2. The number of aromatic nitrogens is 2. The van der Waals surface area contributed by atoms with Gasteiger partial charge < -0.3 is 20.2 Å². The van der Waals surface area contributed by atoms with Gasteiger partial charge in [-0.3, -0.25) is 20.2 Å². The number of aromatic amines is 2. The van der Waals surface area contributed by atoms with Crippen LogP contribution in [0.25, 0.3) is 44.3 Å². The van der Waals surface area contributed by atoms with E-state index in [-0.39, 0.29) is 22.9 Å². The molecule has 0 saturated heterocycles. The smallest absolute Gasteiger partial charge is 0.271 e. The number of nitro benzene ring substituents is 2. The van der Waals surface area contributed by atoms with Gasteiger partial charge in [0.05, 0.1) is 32.3 Å². The van der Waals surface area contributed by atoms with Gasteiger partial charge in [0.15, 0.2) is 0 Å². The minimum absolute atomic E-state index is 0.0523. The zero-order valence-corrected chi connectivity index (χ0v) is 16.2. The topological polar surface area (TPSA) is 158 Å². The van der Waals surface area contributed by atoms with Gasteiger partial charge in [-0.2, -0.15) is 0 Å². The van der Waals surface area contributed by atoms with Crippen LogP contribution in [0.3, 0.4) is 0 Å². The van der Waals surface area contributed by atoms with Gasteiger partial charge in [0.25, 0.3) is 11.4 Å². The van der Waals surface area contributed by atoms with E-state index in [1.807, 2.05) is 0 Å². The van der Waals surface area contributed by atoms with E-state index in [0.29, 0.717) is 44.3 Å². The van der Waals surface area contributed by atoms with Crippen molar-refractivity contribution in [3.8, 4) is 34.0 Å². The van der Waals surface area contributed by atoms with Gasteiger partial charge in [0.1, 0.15) is 11.5 Å². The van der Waals surface area contributed by atoms with Crippen LogP contribution >= 0.6 is 0 Å². The largest absolute Gasteiger partial charge is 0.505 e. The summed E-state index contributed by atoms with van der Waals surface area (Å²) in [7, 11) is 0. The number of hydrogen-bond acceptors (Lipinski definition) is 6. The number of hydrogen-bond donors (Lipinski definition) is 4. The summed E-state index contributed by atoms with van der Waals surface area (Å²) in [5, 5.41) is 44.3. The van der Waals surface area contributed by atoms with Crippen LogP contribution in [0.5, 0.6) is 11.5 Å². The first-order chi connectivity index (χ1) is 15.3. The highest BCUT2D eigenvalue weighted by Crippen LogP contribution is 2.41. The molecular weight excluding hydrogens is 416 g/mol. The third-order valence-corrected chi connectivity index (χ3v) is 5.37. The Morgan fingerprint density at radius 1 is 0.656 bits per heavy atom. The van der Waals surface area contributed by atoms with Crippen molar-refractivity contribution < 1.29 is 20.1 Å². The highest BCUT2D eigenvalue weighted by Gasteiger charge is 2.18. The molecule has 5 aromatic rings. The van der Waals surface area contributed by atoms with Crippen molar-refractivity contribution in [3.63, 3.8) is 0 Å². The zero-order chi connectivity index (χ0) is 22.6. The third kappa shape index (κ3) is 2.89. The second kappa shape index (κ2) is 6.84. The Balaban J connectivity index is 1.63. The quantitative estimate of drug-likeness (QED) is 0.226. The summed E-state index contributed by atoms with van der Waals surface area (Å²) in [4.78, 5) is 27.1. The van der Waals surface area contributed by atoms with Crippen LogP contribution < -0.4 is 0 Å². The van der Waals surface area contributed by atoms with Gasteiger partial charge in [-0.1, -0.05) is 18.2 Å². The SMILES string of the molecule is O=[N+]([O-])c1ccc2c(O)c(-c3cccc(-c4[nH]c5cc([N+](=O)[O-])ccc5c4O)c3)[nH]c2c1. The molecular formula is C22H14N4O6. The lowest BCUT2D eigenvalue weighted by molar-refractivity contribution is -0.384. The van der Waals surface area contributed by atoms with Crippen LogP contribution in [0.1, 0.15) is 0 Å². The van der Waals surface area contributed by atoms with Gasteiger partial charge >= 0.3 is 0 Å². The molecule has 0 radical (unpaired) electrons. The fourth-order valence-corrected chi connectivity index (χ4v) is 3.82. The van der Waals surface area contributed by atoms with E-state index >= 15 is 0 Å². The lowest BCUT2D eigenvalue weighted by Crippen LogP contribution is -1.86. The number of nitro groups is 2. The molecule has 0 aliphatic carbocycles. The number of aromatic hydroxyl groups is 2. The maximum Gasteiger partial charge on any atom is 0.271 e. The summed E-state index contributed by atoms with van der Waals surface area (Å²) in [6, 6.07) is 15.2. The van der Waals surface area contributed by atoms with Crippen LogP contribution in [0.15, 0.2) is 60.7 Å². The van der Waals surface area contributed by atoms with Crippen molar-refractivity contribution in [1.29, 1.82) is 0 Å². The standard InChI is InChI=1S/C22H14N4O6/c27-21-15-6-4-13(25(29)30)9-17(15)23-19(21)11-2-1-3-12(8-11)20-22(28)16-7-5-14(26(31)32)10-18(16)24-20/h1-10,23-24,27-28H. The van der Waals surface area contributed by atoms with E-state index in [0.717, 1.165) is 0 Å². The molecule has 0 spiro atoms. The summed E-state index contributed by atoms with van der Waals surface area (Å²) in [5.41, 5.74) is 2.54. The van der Waals surface area contributed by atoms with Crippen LogP contribution in [0.4, 0.5) is 11.4 Å². The average molecular weight is 430 g/mol. The van der Waals surface area contributed by atoms with Crippen molar-refractivity contribution in [2.75, 3.05) is 0 Å². The van der Waals surface area contributed by atoms with Crippen molar-refractivity contribution >= 4 is 33.2 Å². The molecule has 0 atom stereocenters. The average Bonchev–Trinajstić information content (AvgIpc) is 3.30. The molecule has 0 fully saturated rings. The van der Waals surface area contributed by atoms with Crippen LogP contribution in [0.2, 0.25) is 0 Å². The third-order valence-electron chi connectivity index (χ3n) is 5.37. The minimum atomic E-state index is -0.513. The molecule has 0 aliphatic heterocycles. The fraction of sp³-hybridized carbons (Fsp3) is 0. The summed E-state index contributed by atoms with van der Waals surface area (Å²) >= 11 is 0. The molecule has 32 heavy (non-hydrogen) atoms. The Bertz CT molecular complexity index is 1450. The second-order valence-corrected chi connectivity index (χ2v) is 7.25. The Morgan fingerprint density at radius 2 is 1.09 bits per heavy atom. The highest BCUT2D eigenvalue weighted by molar-refractivity contribution is 5.97. The first kappa shape index (κ1) is 19.1. The fourth-order valence-electron chi connectivity index (χ4n) is 3.82. The minimum Gasteiger partial charge on any atom is -0.505 e. The van der Waals surface area contributed by atoms with Crippen LogP contribution in [-0.4, -0.2) is 30.0 Å². The van der Waals surface area contributed by atoms with Gasteiger partial charge in [0.2, 0.25) is 0 Å². The number of nitrogens with one attached hydrogen (secondary N) is 2. The zero-order valence-electron chi connectivity index (χ0n) is 16.2. The number of benzene rings is 3. The monoisotopic (exact) mass is 430 g/mol. The van der Waals surface area contributed by atoms with Crippen molar-refractivity contribution in [3.05, 3.63) is 80.9 Å². The van der Waals surface area contributed by atoms with E-state index in [1.165, 1.54) is 36.4 Å².